The number of likely N-dealkylation sites (tertiary alicyclic amines) is 1. The van der Waals surface area contributed by atoms with Crippen LogP contribution < -0.4 is 0 Å². The zero-order valence-corrected chi connectivity index (χ0v) is 23.2. The van der Waals surface area contributed by atoms with E-state index in [0.717, 1.165) is 6.42 Å². The fourth-order valence-electron chi connectivity index (χ4n) is 6.51. The molecule has 7 atom stereocenters. The third-order valence-electron chi connectivity index (χ3n) is 8.18. The molecule has 35 heavy (non-hydrogen) atoms. The van der Waals surface area contributed by atoms with Crippen LogP contribution in [0, 0.1) is 23.7 Å². The number of thioether (sulfide) groups is 1. The first-order valence-electron chi connectivity index (χ1n) is 12.7. The molecular formula is C27H43N3O4S. The molecule has 3 unspecified atom stereocenters. The molecule has 3 amide bonds. The van der Waals surface area contributed by atoms with E-state index in [2.05, 4.69) is 20.1 Å². The Balaban J connectivity index is 2.19. The van der Waals surface area contributed by atoms with Gasteiger partial charge < -0.3 is 19.8 Å². The summed E-state index contributed by atoms with van der Waals surface area (Å²) in [7, 11) is 1.74. The van der Waals surface area contributed by atoms with Gasteiger partial charge in [0.25, 0.3) is 0 Å². The average molecular weight is 506 g/mol. The summed E-state index contributed by atoms with van der Waals surface area (Å²) in [5.41, 5.74) is -0.481. The minimum Gasteiger partial charge on any atom is -0.394 e. The van der Waals surface area contributed by atoms with Crippen molar-refractivity contribution >= 4 is 29.5 Å². The summed E-state index contributed by atoms with van der Waals surface area (Å²) < 4.78 is -0.707. The maximum absolute atomic E-state index is 14.4. The van der Waals surface area contributed by atoms with Crippen LogP contribution in [0.25, 0.3) is 0 Å². The van der Waals surface area contributed by atoms with Gasteiger partial charge in [0.05, 0.1) is 29.2 Å². The maximum Gasteiger partial charge on any atom is 0.247 e. The fraction of sp³-hybridized carbons (Fsp3) is 0.741. The highest BCUT2D eigenvalue weighted by molar-refractivity contribution is 8.02. The number of carbonyl (C=O) groups is 3. The molecule has 3 heterocycles. The monoisotopic (exact) mass is 505 g/mol. The molecule has 1 spiro atoms. The molecule has 3 aliphatic heterocycles. The largest absolute Gasteiger partial charge is 0.394 e. The number of likely N-dealkylation sites (N-methyl/N-ethyl adjacent to an activating group) is 1. The van der Waals surface area contributed by atoms with Crippen LogP contribution in [0.15, 0.2) is 25.3 Å². The molecule has 0 radical (unpaired) electrons. The third kappa shape index (κ3) is 4.24. The smallest absolute Gasteiger partial charge is 0.247 e. The number of rotatable bonds is 9. The van der Waals surface area contributed by atoms with Crippen molar-refractivity contribution in [1.29, 1.82) is 0 Å². The minimum atomic E-state index is -0.744. The van der Waals surface area contributed by atoms with Gasteiger partial charge in [-0.2, -0.15) is 0 Å². The van der Waals surface area contributed by atoms with Crippen LogP contribution in [0.3, 0.4) is 0 Å². The molecule has 0 aromatic carbocycles. The lowest BCUT2D eigenvalue weighted by Crippen LogP contribution is -2.62. The predicted molar refractivity (Wildman–Crippen MR) is 141 cm³/mol. The molecule has 1 N–H and O–H groups in total. The van der Waals surface area contributed by atoms with Gasteiger partial charge in [-0.3, -0.25) is 14.4 Å². The Morgan fingerprint density at radius 2 is 1.83 bits per heavy atom. The minimum absolute atomic E-state index is 0.00900. The van der Waals surface area contributed by atoms with Crippen LogP contribution in [-0.4, -0.2) is 91.9 Å². The Morgan fingerprint density at radius 3 is 2.31 bits per heavy atom. The van der Waals surface area contributed by atoms with Gasteiger partial charge in [-0.15, -0.1) is 24.9 Å². The van der Waals surface area contributed by atoms with Crippen LogP contribution in [-0.2, 0) is 14.4 Å². The summed E-state index contributed by atoms with van der Waals surface area (Å²) >= 11 is 1.67. The van der Waals surface area contributed by atoms with Crippen LogP contribution in [0.2, 0.25) is 0 Å². The first-order valence-corrected chi connectivity index (χ1v) is 13.6. The van der Waals surface area contributed by atoms with Crippen LogP contribution >= 0.6 is 11.8 Å². The van der Waals surface area contributed by atoms with Crippen molar-refractivity contribution in [3.05, 3.63) is 25.3 Å². The Labute approximate surface area is 215 Å². The molecule has 196 valence electrons. The summed E-state index contributed by atoms with van der Waals surface area (Å²) in [4.78, 5) is 47.4. The normalized spacial score (nSPS) is 32.5. The average Bonchev–Trinajstić information content (AvgIpc) is 3.35. The quantitative estimate of drug-likeness (QED) is 0.488. The van der Waals surface area contributed by atoms with Crippen molar-refractivity contribution < 1.29 is 19.5 Å². The van der Waals surface area contributed by atoms with Crippen molar-refractivity contribution in [2.24, 2.45) is 23.7 Å². The standard InChI is InChI=1S/C27H43N3O4S/c1-10-12-28(9)23(32)20-19-14-17(5)27(35-19)21(20)24(33)30(18(15-31)16(3)4)22(27)25(34)29(13-11-2)26(6,7)8/h10-11,16-22,31H,1-2,12-15H2,3-9H3/t17?,18-,19-,20+,21-,22?,27?/m0/s1. The van der Waals surface area contributed by atoms with Crippen molar-refractivity contribution in [3.8, 4) is 0 Å². The van der Waals surface area contributed by atoms with Crippen LogP contribution in [0.1, 0.15) is 48.0 Å². The van der Waals surface area contributed by atoms with E-state index in [1.807, 2.05) is 34.6 Å². The highest BCUT2D eigenvalue weighted by Gasteiger charge is 2.77. The first kappa shape index (κ1) is 27.8. The number of carbonyl (C=O) groups excluding carboxylic acids is 3. The highest BCUT2D eigenvalue weighted by Crippen LogP contribution is 2.69. The molecule has 3 aliphatic rings. The summed E-state index contributed by atoms with van der Waals surface area (Å²) in [5.74, 6) is -1.40. The van der Waals surface area contributed by atoms with Gasteiger partial charge in [0.2, 0.25) is 17.7 Å². The van der Waals surface area contributed by atoms with Crippen molar-refractivity contribution in [1.82, 2.24) is 14.7 Å². The molecule has 0 saturated carbocycles. The van der Waals surface area contributed by atoms with E-state index in [1.165, 1.54) is 0 Å². The Bertz CT molecular complexity index is 884. The van der Waals surface area contributed by atoms with Gasteiger partial charge >= 0.3 is 0 Å². The van der Waals surface area contributed by atoms with E-state index >= 15 is 0 Å². The van der Waals surface area contributed by atoms with Crippen LogP contribution in [0.4, 0.5) is 0 Å². The molecule has 0 aromatic rings. The van der Waals surface area contributed by atoms with E-state index in [0.29, 0.717) is 13.1 Å². The maximum atomic E-state index is 14.4. The molecule has 0 aromatic heterocycles. The van der Waals surface area contributed by atoms with Crippen molar-refractivity contribution in [2.45, 2.75) is 75.6 Å². The Morgan fingerprint density at radius 1 is 1.23 bits per heavy atom. The van der Waals surface area contributed by atoms with Gasteiger partial charge in [-0.1, -0.05) is 32.9 Å². The summed E-state index contributed by atoms with van der Waals surface area (Å²) in [5, 5.41) is 10.4. The van der Waals surface area contributed by atoms with E-state index in [1.54, 1.807) is 45.7 Å². The second kappa shape index (κ2) is 9.92. The van der Waals surface area contributed by atoms with E-state index in [9.17, 15) is 19.5 Å². The van der Waals surface area contributed by atoms with Gasteiger partial charge in [0.15, 0.2) is 0 Å². The first-order chi connectivity index (χ1) is 16.3. The highest BCUT2D eigenvalue weighted by atomic mass is 32.2. The Hall–Kier alpha value is -1.80. The molecule has 3 fully saturated rings. The Kier molecular flexibility index (Phi) is 7.88. The van der Waals surface area contributed by atoms with Crippen molar-refractivity contribution in [3.63, 3.8) is 0 Å². The van der Waals surface area contributed by atoms with Gasteiger partial charge in [0, 0.05) is 30.9 Å². The molecule has 2 bridgehead atoms. The molecule has 0 aliphatic carbocycles. The van der Waals surface area contributed by atoms with Crippen LogP contribution in [0.5, 0.6) is 0 Å². The number of hydrogen-bond donors (Lipinski definition) is 1. The summed E-state index contributed by atoms with van der Waals surface area (Å²) in [6.45, 7) is 20.1. The number of fused-ring (bicyclic) bond motifs is 1. The third-order valence-corrected chi connectivity index (χ3v) is 10.3. The summed E-state index contributed by atoms with van der Waals surface area (Å²) in [6.07, 6.45) is 4.18. The zero-order chi connectivity index (χ0) is 26.5. The lowest BCUT2D eigenvalue weighted by atomic mass is 9.65. The molecule has 8 heteroatoms. The summed E-state index contributed by atoms with van der Waals surface area (Å²) in [6, 6.07) is -1.25. The van der Waals surface area contributed by atoms with Gasteiger partial charge in [-0.05, 0) is 39.0 Å². The molecule has 3 saturated heterocycles. The van der Waals surface area contributed by atoms with E-state index < -0.39 is 34.2 Å². The lowest BCUT2D eigenvalue weighted by molar-refractivity contribution is -0.149. The number of aliphatic hydroxyl groups excluding tert-OH is 1. The van der Waals surface area contributed by atoms with Gasteiger partial charge in [-0.25, -0.2) is 0 Å². The van der Waals surface area contributed by atoms with Gasteiger partial charge in [0.1, 0.15) is 6.04 Å². The molecule has 7 nitrogen and oxygen atoms in total. The van der Waals surface area contributed by atoms with E-state index in [-0.39, 0.29) is 41.4 Å². The zero-order valence-electron chi connectivity index (χ0n) is 22.4. The lowest BCUT2D eigenvalue weighted by Gasteiger charge is -2.45. The number of aliphatic hydroxyl groups is 1. The predicted octanol–water partition coefficient (Wildman–Crippen LogP) is 2.80. The second-order valence-corrected chi connectivity index (χ2v) is 13.3. The number of amides is 3. The number of hydrogen-bond acceptors (Lipinski definition) is 5. The SMILES string of the molecule is C=CCN(C)C(=O)[C@@H]1[C@@H]2CC(C)C3(S2)C(C(=O)N(CC=C)C(C)(C)C)N([C@@H](CO)C(C)C)C(=O)[C@H]13. The van der Waals surface area contributed by atoms with E-state index in [4.69, 9.17) is 0 Å². The van der Waals surface area contributed by atoms with Crippen molar-refractivity contribution in [2.75, 3.05) is 26.7 Å². The fourth-order valence-corrected chi connectivity index (χ4v) is 8.90. The second-order valence-electron chi connectivity index (χ2n) is 11.7. The molecular weight excluding hydrogens is 462 g/mol. The molecule has 3 rings (SSSR count). The number of nitrogens with zero attached hydrogens (tertiary/aromatic N) is 3. The topological polar surface area (TPSA) is 81.2 Å².